The fourth-order valence-corrected chi connectivity index (χ4v) is 5.74. The van der Waals surface area contributed by atoms with Crippen molar-refractivity contribution in [1.82, 2.24) is 4.68 Å². The van der Waals surface area contributed by atoms with Crippen LogP contribution in [0.4, 0.5) is 11.4 Å². The molecule has 1 unspecified atom stereocenters. The summed E-state index contributed by atoms with van der Waals surface area (Å²) in [5, 5.41) is 27.1. The molecule has 0 spiro atoms. The van der Waals surface area contributed by atoms with Gasteiger partial charge >= 0.3 is 0 Å². The highest BCUT2D eigenvalue weighted by molar-refractivity contribution is 5.92. The van der Waals surface area contributed by atoms with Gasteiger partial charge in [0.2, 0.25) is 0 Å². The summed E-state index contributed by atoms with van der Waals surface area (Å²) in [6.07, 6.45) is 4.50. The first-order valence-corrected chi connectivity index (χ1v) is 13.4. The number of hydrogen-bond acceptors (Lipinski definition) is 4. The lowest BCUT2D eigenvalue weighted by molar-refractivity contribution is 0.476. The van der Waals surface area contributed by atoms with Crippen molar-refractivity contribution in [1.29, 1.82) is 0 Å². The summed E-state index contributed by atoms with van der Waals surface area (Å²) in [5.74, 6) is 0.254. The Morgan fingerprint density at radius 1 is 0.750 bits per heavy atom. The van der Waals surface area contributed by atoms with E-state index in [4.69, 9.17) is 0 Å². The highest BCUT2D eigenvalue weighted by Crippen LogP contribution is 2.32. The van der Waals surface area contributed by atoms with E-state index in [2.05, 4.69) is 101 Å². The second kappa shape index (κ2) is 9.24. The predicted molar refractivity (Wildman–Crippen MR) is 163 cm³/mol. The largest absolute Gasteiger partial charge is 0.508 e. The van der Waals surface area contributed by atoms with Gasteiger partial charge in [-0.05, 0) is 72.0 Å². The summed E-state index contributed by atoms with van der Waals surface area (Å²) in [4.78, 5) is 0. The topological polar surface area (TPSA) is 53.1 Å². The third-order valence-electron chi connectivity index (χ3n) is 7.99. The molecule has 5 heteroatoms. The van der Waals surface area contributed by atoms with Crippen LogP contribution in [0.2, 0.25) is 0 Å². The lowest BCUT2D eigenvalue weighted by Crippen LogP contribution is -2.44. The van der Waals surface area contributed by atoms with Gasteiger partial charge in [0.1, 0.15) is 5.75 Å². The van der Waals surface area contributed by atoms with Gasteiger partial charge in [-0.1, -0.05) is 78.9 Å². The first kappa shape index (κ1) is 23.9. The average Bonchev–Trinajstić information content (AvgIpc) is 3.43. The molecule has 5 aromatic carbocycles. The molecular formula is C35H28N4O. The summed E-state index contributed by atoms with van der Waals surface area (Å²) < 4.78 is 2.25. The summed E-state index contributed by atoms with van der Waals surface area (Å²) in [6, 6.07) is 38.5. The van der Waals surface area contributed by atoms with E-state index in [-0.39, 0.29) is 11.3 Å². The molecule has 6 aromatic rings. The standard InChI is InChI=1S/C35H28N4O/c1-35(26-11-4-3-5-12-26)23-34-30(31-22-28(40)19-20-33(31)39(34)38(35)2)21-24-15-17-27(18-16-24)36-37-32-14-8-10-25-9-6-7-13-29(25)32/h3-23,40H,1-2H3/b30-21-,37-36?. The van der Waals surface area contributed by atoms with Gasteiger partial charge in [0.15, 0.2) is 0 Å². The second-order valence-corrected chi connectivity index (χ2v) is 10.4. The van der Waals surface area contributed by atoms with Gasteiger partial charge in [-0.15, -0.1) is 5.11 Å². The lowest BCUT2D eigenvalue weighted by atomic mass is 9.91. The van der Waals surface area contributed by atoms with Crippen LogP contribution < -0.4 is 15.6 Å². The van der Waals surface area contributed by atoms with Crippen molar-refractivity contribution < 1.29 is 5.11 Å². The molecular weight excluding hydrogens is 492 g/mol. The third kappa shape index (κ3) is 3.86. The van der Waals surface area contributed by atoms with Crippen LogP contribution in [-0.2, 0) is 5.54 Å². The number of hydrogen-bond donors (Lipinski definition) is 1. The van der Waals surface area contributed by atoms with Crippen molar-refractivity contribution in [3.05, 3.63) is 137 Å². The molecule has 0 bridgehead atoms. The quantitative estimate of drug-likeness (QED) is 0.254. The molecule has 0 aliphatic carbocycles. The fraction of sp³-hybridized carbons (Fsp3) is 0.0857. The zero-order valence-corrected chi connectivity index (χ0v) is 22.4. The van der Waals surface area contributed by atoms with E-state index < -0.39 is 0 Å². The summed E-state index contributed by atoms with van der Waals surface area (Å²) >= 11 is 0. The molecule has 0 fully saturated rings. The molecule has 1 aliphatic heterocycles. The van der Waals surface area contributed by atoms with Gasteiger partial charge < -0.3 is 10.1 Å². The average molecular weight is 521 g/mol. The Balaban J connectivity index is 1.31. The van der Waals surface area contributed by atoms with Crippen LogP contribution in [0.3, 0.4) is 0 Å². The molecule has 1 atom stereocenters. The van der Waals surface area contributed by atoms with Gasteiger partial charge in [0.25, 0.3) is 0 Å². The fourth-order valence-electron chi connectivity index (χ4n) is 5.74. The Kier molecular flexibility index (Phi) is 5.53. The molecule has 0 saturated carbocycles. The summed E-state index contributed by atoms with van der Waals surface area (Å²) in [5.41, 5.74) is 4.66. The smallest absolute Gasteiger partial charge is 0.116 e. The van der Waals surface area contributed by atoms with Crippen LogP contribution in [0, 0.1) is 0 Å². The Morgan fingerprint density at radius 2 is 1.50 bits per heavy atom. The number of fused-ring (bicyclic) bond motifs is 4. The second-order valence-electron chi connectivity index (χ2n) is 10.4. The molecule has 0 radical (unpaired) electrons. The van der Waals surface area contributed by atoms with E-state index in [0.717, 1.165) is 49.2 Å². The Hall–Kier alpha value is -5.16. The molecule has 7 rings (SSSR count). The zero-order chi connectivity index (χ0) is 27.3. The van der Waals surface area contributed by atoms with Gasteiger partial charge in [0, 0.05) is 23.0 Å². The number of nitrogens with zero attached hydrogens (tertiary/aromatic N) is 4. The zero-order valence-electron chi connectivity index (χ0n) is 22.4. The lowest BCUT2D eigenvalue weighted by Gasteiger charge is -2.35. The van der Waals surface area contributed by atoms with Crippen LogP contribution >= 0.6 is 0 Å². The molecule has 1 aromatic heterocycles. The minimum absolute atomic E-state index is 0.254. The van der Waals surface area contributed by atoms with E-state index in [0.29, 0.717) is 0 Å². The number of aromatic nitrogens is 1. The Morgan fingerprint density at radius 3 is 2.33 bits per heavy atom. The Labute approximate surface area is 232 Å². The van der Waals surface area contributed by atoms with Crippen molar-refractivity contribution in [2.24, 2.45) is 10.2 Å². The maximum Gasteiger partial charge on any atom is 0.116 e. The minimum Gasteiger partial charge on any atom is -0.508 e. The molecule has 1 N–H and O–H groups in total. The van der Waals surface area contributed by atoms with Gasteiger partial charge in [-0.25, -0.2) is 0 Å². The van der Waals surface area contributed by atoms with Crippen molar-refractivity contribution >= 4 is 45.2 Å². The maximum atomic E-state index is 10.3. The monoisotopic (exact) mass is 520 g/mol. The normalized spacial score (nSPS) is 17.1. The SMILES string of the molecule is CN1n2c(/c(=C\c3ccc(N=Nc4cccc5ccccc45)cc3)c3cc(O)ccc32)=CC1(C)c1ccccc1. The summed E-state index contributed by atoms with van der Waals surface area (Å²) in [7, 11) is 2.12. The van der Waals surface area contributed by atoms with E-state index in [9.17, 15) is 5.11 Å². The van der Waals surface area contributed by atoms with Crippen LogP contribution in [0.5, 0.6) is 5.75 Å². The van der Waals surface area contributed by atoms with Crippen LogP contribution in [0.15, 0.2) is 125 Å². The van der Waals surface area contributed by atoms with Crippen LogP contribution in [0.1, 0.15) is 18.1 Å². The highest BCUT2D eigenvalue weighted by Gasteiger charge is 2.35. The number of rotatable bonds is 4. The number of phenolic OH excluding ortho intramolecular Hbond substituents is 1. The number of benzene rings is 5. The first-order chi connectivity index (χ1) is 19.5. The van der Waals surface area contributed by atoms with E-state index in [1.54, 1.807) is 6.07 Å². The van der Waals surface area contributed by atoms with E-state index >= 15 is 0 Å². The number of azo groups is 1. The number of phenols is 1. The van der Waals surface area contributed by atoms with Crippen LogP contribution in [-0.4, -0.2) is 16.8 Å². The molecule has 194 valence electrons. The molecule has 5 nitrogen and oxygen atoms in total. The van der Waals surface area contributed by atoms with Crippen molar-refractivity contribution in [2.75, 3.05) is 12.1 Å². The van der Waals surface area contributed by atoms with Crippen LogP contribution in [0.25, 0.3) is 33.8 Å². The molecule has 2 heterocycles. The highest BCUT2D eigenvalue weighted by atomic mass is 16.3. The molecule has 0 amide bonds. The van der Waals surface area contributed by atoms with Gasteiger partial charge in [-0.2, -0.15) is 5.11 Å². The predicted octanol–water partition coefficient (Wildman–Crippen LogP) is 7.02. The van der Waals surface area contributed by atoms with Crippen molar-refractivity contribution in [3.8, 4) is 5.75 Å². The molecule has 40 heavy (non-hydrogen) atoms. The summed E-state index contributed by atoms with van der Waals surface area (Å²) in [6.45, 7) is 2.24. The van der Waals surface area contributed by atoms with E-state index in [1.807, 2.05) is 54.6 Å². The minimum atomic E-state index is -0.308. The van der Waals surface area contributed by atoms with Gasteiger partial charge in [0.05, 0.1) is 27.8 Å². The first-order valence-electron chi connectivity index (χ1n) is 13.4. The van der Waals surface area contributed by atoms with Crippen molar-refractivity contribution in [3.63, 3.8) is 0 Å². The van der Waals surface area contributed by atoms with Crippen molar-refractivity contribution in [2.45, 2.75) is 12.5 Å². The molecule has 1 aliphatic rings. The number of aromatic hydroxyl groups is 1. The third-order valence-corrected chi connectivity index (χ3v) is 7.99. The van der Waals surface area contributed by atoms with Gasteiger partial charge in [-0.3, -0.25) is 4.68 Å². The molecule has 0 saturated heterocycles. The maximum absolute atomic E-state index is 10.3. The van der Waals surface area contributed by atoms with E-state index in [1.165, 1.54) is 5.56 Å². The Bertz CT molecular complexity index is 2040.